The van der Waals surface area contributed by atoms with Crippen LogP contribution in [0.2, 0.25) is 10.0 Å². The molecule has 0 bridgehead atoms. The Morgan fingerprint density at radius 1 is 1.03 bits per heavy atom. The molecule has 1 aliphatic heterocycles. The van der Waals surface area contributed by atoms with E-state index in [0.29, 0.717) is 34.2 Å². The van der Waals surface area contributed by atoms with E-state index in [2.05, 4.69) is 15.3 Å². The Morgan fingerprint density at radius 2 is 1.83 bits per heavy atom. The van der Waals surface area contributed by atoms with Crippen molar-refractivity contribution in [2.75, 3.05) is 11.9 Å². The zero-order valence-corrected chi connectivity index (χ0v) is 17.0. The summed E-state index contributed by atoms with van der Waals surface area (Å²) in [5, 5.41) is 3.60. The van der Waals surface area contributed by atoms with E-state index < -0.39 is 6.04 Å². The van der Waals surface area contributed by atoms with Crippen molar-refractivity contribution in [3.8, 4) is 0 Å². The van der Waals surface area contributed by atoms with Gasteiger partial charge in [0.25, 0.3) is 5.91 Å². The van der Waals surface area contributed by atoms with Crippen molar-refractivity contribution < 1.29 is 9.59 Å². The lowest BCUT2D eigenvalue weighted by Gasteiger charge is -2.34. The van der Waals surface area contributed by atoms with Gasteiger partial charge in [0, 0.05) is 12.2 Å². The van der Waals surface area contributed by atoms with Crippen molar-refractivity contribution in [1.82, 2.24) is 14.9 Å². The van der Waals surface area contributed by atoms with Crippen molar-refractivity contribution in [2.24, 2.45) is 0 Å². The molecule has 3 aromatic rings. The lowest BCUT2D eigenvalue weighted by Crippen LogP contribution is -2.50. The molecule has 1 N–H and O–H groups in total. The summed E-state index contributed by atoms with van der Waals surface area (Å²) in [5.74, 6) is -0.553. The molecule has 148 valence electrons. The van der Waals surface area contributed by atoms with Crippen LogP contribution in [0.4, 0.5) is 5.69 Å². The first-order valence-electron chi connectivity index (χ1n) is 9.31. The molecule has 2 amide bonds. The lowest BCUT2D eigenvalue weighted by molar-refractivity contribution is -0.121. The number of nitrogens with zero attached hydrogens (tertiary/aromatic N) is 3. The van der Waals surface area contributed by atoms with E-state index in [4.69, 9.17) is 23.2 Å². The molecule has 1 atom stereocenters. The molecule has 1 aromatic heterocycles. The standard InChI is InChI=1S/C21H18Cl2N4O2/c22-14-9-8-13(11-15(14)23)25-20(28)19-7-3-4-10-27(19)21(29)18-12-24-16-5-1-2-6-17(16)26-18/h1-2,5-6,8-9,11-12,19H,3-4,7,10H2,(H,25,28)/t19-/m0/s1. The maximum Gasteiger partial charge on any atom is 0.274 e. The molecule has 2 heterocycles. The van der Waals surface area contributed by atoms with Crippen LogP contribution in [0, 0.1) is 0 Å². The van der Waals surface area contributed by atoms with E-state index in [1.807, 2.05) is 24.3 Å². The fourth-order valence-electron chi connectivity index (χ4n) is 3.45. The number of nitrogens with one attached hydrogen (secondary N) is 1. The topological polar surface area (TPSA) is 75.2 Å². The first kappa shape index (κ1) is 19.6. The maximum absolute atomic E-state index is 13.1. The lowest BCUT2D eigenvalue weighted by atomic mass is 10.0. The maximum atomic E-state index is 13.1. The summed E-state index contributed by atoms with van der Waals surface area (Å²) in [6.07, 6.45) is 3.75. The van der Waals surface area contributed by atoms with Gasteiger partial charge in [0.2, 0.25) is 5.91 Å². The first-order chi connectivity index (χ1) is 14.0. The van der Waals surface area contributed by atoms with E-state index in [0.717, 1.165) is 18.4 Å². The predicted molar refractivity (Wildman–Crippen MR) is 113 cm³/mol. The van der Waals surface area contributed by atoms with Crippen LogP contribution in [0.1, 0.15) is 29.8 Å². The Balaban J connectivity index is 1.56. The number of likely N-dealkylation sites (tertiary alicyclic amines) is 1. The number of halogens is 2. The quantitative estimate of drug-likeness (QED) is 0.662. The molecule has 4 rings (SSSR count). The Morgan fingerprint density at radius 3 is 2.62 bits per heavy atom. The fraction of sp³-hybridized carbons (Fsp3) is 0.238. The molecule has 8 heteroatoms. The molecule has 2 aromatic carbocycles. The van der Waals surface area contributed by atoms with E-state index in [1.165, 1.54) is 6.20 Å². The highest BCUT2D eigenvalue weighted by molar-refractivity contribution is 6.42. The highest BCUT2D eigenvalue weighted by atomic mass is 35.5. The van der Waals surface area contributed by atoms with Crippen LogP contribution in [-0.4, -0.2) is 39.3 Å². The van der Waals surface area contributed by atoms with Crippen LogP contribution < -0.4 is 5.32 Å². The zero-order valence-electron chi connectivity index (χ0n) is 15.4. The van der Waals surface area contributed by atoms with E-state index in [-0.39, 0.29) is 17.5 Å². The molecule has 6 nitrogen and oxygen atoms in total. The largest absolute Gasteiger partial charge is 0.325 e. The van der Waals surface area contributed by atoms with Gasteiger partial charge < -0.3 is 10.2 Å². The molecule has 0 aliphatic carbocycles. The number of anilines is 1. The van der Waals surface area contributed by atoms with Gasteiger partial charge in [0.1, 0.15) is 11.7 Å². The SMILES string of the molecule is O=C(Nc1ccc(Cl)c(Cl)c1)[C@@H]1CCCCN1C(=O)c1cnc2ccccc2n1. The second-order valence-corrected chi connectivity index (χ2v) is 7.69. The van der Waals surface area contributed by atoms with Gasteiger partial charge >= 0.3 is 0 Å². The molecule has 29 heavy (non-hydrogen) atoms. The number of fused-ring (bicyclic) bond motifs is 1. The summed E-state index contributed by atoms with van der Waals surface area (Å²) >= 11 is 12.0. The van der Waals surface area contributed by atoms with E-state index in [9.17, 15) is 9.59 Å². The van der Waals surface area contributed by atoms with Gasteiger partial charge in [0.15, 0.2) is 0 Å². The van der Waals surface area contributed by atoms with Crippen molar-refractivity contribution in [3.63, 3.8) is 0 Å². The minimum atomic E-state index is -0.584. The summed E-state index contributed by atoms with van der Waals surface area (Å²) in [5.41, 5.74) is 2.13. The van der Waals surface area contributed by atoms with Crippen LogP contribution in [0.3, 0.4) is 0 Å². The Labute approximate surface area is 177 Å². The number of para-hydroxylation sites is 2. The molecule has 1 fully saturated rings. The van der Waals surface area contributed by atoms with Crippen LogP contribution >= 0.6 is 23.2 Å². The van der Waals surface area contributed by atoms with Crippen LogP contribution in [-0.2, 0) is 4.79 Å². The smallest absolute Gasteiger partial charge is 0.274 e. The second-order valence-electron chi connectivity index (χ2n) is 6.87. The third-order valence-electron chi connectivity index (χ3n) is 4.92. The van der Waals surface area contributed by atoms with Crippen molar-refractivity contribution >= 4 is 51.7 Å². The average molecular weight is 429 g/mol. The van der Waals surface area contributed by atoms with Gasteiger partial charge in [-0.25, -0.2) is 4.98 Å². The van der Waals surface area contributed by atoms with Gasteiger partial charge in [-0.2, -0.15) is 0 Å². The number of aromatic nitrogens is 2. The highest BCUT2D eigenvalue weighted by Crippen LogP contribution is 2.26. The first-order valence-corrected chi connectivity index (χ1v) is 10.1. The monoisotopic (exact) mass is 428 g/mol. The Bertz CT molecular complexity index is 1090. The van der Waals surface area contributed by atoms with Crippen molar-refractivity contribution in [2.45, 2.75) is 25.3 Å². The zero-order chi connectivity index (χ0) is 20.4. The van der Waals surface area contributed by atoms with Gasteiger partial charge in [-0.1, -0.05) is 35.3 Å². The third kappa shape index (κ3) is 4.18. The molecule has 0 spiro atoms. The summed E-state index contributed by atoms with van der Waals surface area (Å²) < 4.78 is 0. The molecule has 0 saturated carbocycles. The van der Waals surface area contributed by atoms with Crippen molar-refractivity contribution in [3.05, 3.63) is 64.4 Å². The fourth-order valence-corrected chi connectivity index (χ4v) is 3.75. The van der Waals surface area contributed by atoms with E-state index >= 15 is 0 Å². The minimum absolute atomic E-state index is 0.234. The second kappa shape index (κ2) is 8.35. The molecular weight excluding hydrogens is 411 g/mol. The number of piperidine rings is 1. The predicted octanol–water partition coefficient (Wildman–Crippen LogP) is 4.57. The number of amides is 2. The number of carbonyl (C=O) groups excluding carboxylic acids is 2. The van der Waals surface area contributed by atoms with Gasteiger partial charge in [0.05, 0.1) is 27.3 Å². The number of carbonyl (C=O) groups is 2. The Kier molecular flexibility index (Phi) is 5.65. The highest BCUT2D eigenvalue weighted by Gasteiger charge is 2.33. The molecular formula is C21H18Cl2N4O2. The van der Waals surface area contributed by atoms with Crippen LogP contribution in [0.25, 0.3) is 11.0 Å². The molecule has 1 aliphatic rings. The molecule has 0 unspecified atom stereocenters. The number of benzene rings is 2. The molecule has 0 radical (unpaired) electrons. The van der Waals surface area contributed by atoms with Gasteiger partial charge in [-0.3, -0.25) is 14.6 Å². The summed E-state index contributed by atoms with van der Waals surface area (Å²) in [6.45, 7) is 0.493. The summed E-state index contributed by atoms with van der Waals surface area (Å²) in [6, 6.07) is 11.7. The third-order valence-corrected chi connectivity index (χ3v) is 5.66. The van der Waals surface area contributed by atoms with Gasteiger partial charge in [-0.15, -0.1) is 0 Å². The van der Waals surface area contributed by atoms with E-state index in [1.54, 1.807) is 23.1 Å². The average Bonchev–Trinajstić information content (AvgIpc) is 2.75. The number of rotatable bonds is 3. The minimum Gasteiger partial charge on any atom is -0.325 e. The van der Waals surface area contributed by atoms with Gasteiger partial charge in [-0.05, 0) is 49.6 Å². The number of hydrogen-bond acceptors (Lipinski definition) is 4. The van der Waals surface area contributed by atoms with Crippen LogP contribution in [0.15, 0.2) is 48.7 Å². The summed E-state index contributed by atoms with van der Waals surface area (Å²) in [7, 11) is 0. The summed E-state index contributed by atoms with van der Waals surface area (Å²) in [4.78, 5) is 36.3. The van der Waals surface area contributed by atoms with Crippen molar-refractivity contribution in [1.29, 1.82) is 0 Å². The number of hydrogen-bond donors (Lipinski definition) is 1. The Hall–Kier alpha value is -2.70. The van der Waals surface area contributed by atoms with Crippen LogP contribution in [0.5, 0.6) is 0 Å². The normalized spacial score (nSPS) is 16.6. The molecule has 1 saturated heterocycles.